The molecule has 8 heteroatoms. The second kappa shape index (κ2) is 6.31. The van der Waals surface area contributed by atoms with Crippen molar-refractivity contribution < 1.29 is 18.3 Å². The Morgan fingerprint density at radius 2 is 2.24 bits per heavy atom. The van der Waals surface area contributed by atoms with Gasteiger partial charge in [-0.05, 0) is 6.07 Å². The van der Waals surface area contributed by atoms with Crippen LogP contribution in [0.25, 0.3) is 0 Å². The zero-order chi connectivity index (χ0) is 12.9. The lowest BCUT2D eigenvalue weighted by atomic mass is 10.6. The van der Waals surface area contributed by atoms with E-state index in [-0.39, 0.29) is 30.5 Å². The SMILES string of the molecule is COCCN(CCO)S(=O)(=O)c1cc(N)cs1. The van der Waals surface area contributed by atoms with Gasteiger partial charge in [-0.3, -0.25) is 0 Å². The summed E-state index contributed by atoms with van der Waals surface area (Å²) in [6, 6.07) is 1.41. The number of nitrogens with two attached hydrogens (primary N) is 1. The summed E-state index contributed by atoms with van der Waals surface area (Å²) in [4.78, 5) is 0. The summed E-state index contributed by atoms with van der Waals surface area (Å²) in [6.45, 7) is 0.296. The Hall–Kier alpha value is -0.670. The number of ether oxygens (including phenoxy) is 1. The van der Waals surface area contributed by atoms with E-state index in [9.17, 15) is 8.42 Å². The Bertz CT molecular complexity index is 444. The minimum Gasteiger partial charge on any atom is -0.398 e. The van der Waals surface area contributed by atoms with Gasteiger partial charge >= 0.3 is 0 Å². The molecule has 17 heavy (non-hydrogen) atoms. The van der Waals surface area contributed by atoms with Gasteiger partial charge in [0.2, 0.25) is 0 Å². The van der Waals surface area contributed by atoms with E-state index in [1.54, 1.807) is 5.38 Å². The standard InChI is InChI=1S/C9H16N2O4S2/c1-15-5-3-11(2-4-12)17(13,14)9-6-8(10)7-16-9/h6-7,12H,2-5,10H2,1H3. The highest BCUT2D eigenvalue weighted by Gasteiger charge is 2.25. The maximum absolute atomic E-state index is 12.2. The van der Waals surface area contributed by atoms with Crippen LogP contribution in [0.5, 0.6) is 0 Å². The van der Waals surface area contributed by atoms with Crippen LogP contribution >= 0.6 is 11.3 Å². The number of methoxy groups -OCH3 is 1. The zero-order valence-corrected chi connectivity index (χ0v) is 11.1. The smallest absolute Gasteiger partial charge is 0.252 e. The van der Waals surface area contributed by atoms with Gasteiger partial charge in [-0.2, -0.15) is 4.31 Å². The summed E-state index contributed by atoms with van der Waals surface area (Å²) in [6.07, 6.45) is 0. The molecule has 6 nitrogen and oxygen atoms in total. The molecule has 0 saturated heterocycles. The summed E-state index contributed by atoms with van der Waals surface area (Å²) >= 11 is 1.07. The number of aliphatic hydroxyl groups is 1. The first-order valence-electron chi connectivity index (χ1n) is 4.96. The Morgan fingerprint density at radius 1 is 1.53 bits per heavy atom. The van der Waals surface area contributed by atoms with E-state index in [1.807, 2.05) is 0 Å². The Kier molecular flexibility index (Phi) is 5.34. The highest BCUT2D eigenvalue weighted by molar-refractivity contribution is 7.91. The van der Waals surface area contributed by atoms with E-state index in [0.29, 0.717) is 5.69 Å². The lowest BCUT2D eigenvalue weighted by Crippen LogP contribution is -2.35. The topological polar surface area (TPSA) is 92.9 Å². The maximum atomic E-state index is 12.2. The van der Waals surface area contributed by atoms with Gasteiger partial charge < -0.3 is 15.6 Å². The quantitative estimate of drug-likeness (QED) is 0.731. The number of anilines is 1. The molecule has 0 aliphatic heterocycles. The molecule has 0 aliphatic rings. The second-order valence-corrected chi connectivity index (χ2v) is 6.40. The first-order chi connectivity index (χ1) is 8.02. The lowest BCUT2D eigenvalue weighted by Gasteiger charge is -2.19. The minimum atomic E-state index is -3.58. The van der Waals surface area contributed by atoms with Crippen molar-refractivity contribution in [3.8, 4) is 0 Å². The Morgan fingerprint density at radius 3 is 2.71 bits per heavy atom. The van der Waals surface area contributed by atoms with Crippen molar-refractivity contribution in [2.24, 2.45) is 0 Å². The monoisotopic (exact) mass is 280 g/mol. The number of rotatable bonds is 7. The molecule has 1 aromatic rings. The molecule has 0 bridgehead atoms. The normalized spacial score (nSPS) is 12.2. The molecule has 1 rings (SSSR count). The average Bonchev–Trinajstić information content (AvgIpc) is 2.71. The summed E-state index contributed by atoms with van der Waals surface area (Å²) in [5, 5.41) is 10.5. The molecule has 98 valence electrons. The molecule has 0 radical (unpaired) electrons. The third kappa shape index (κ3) is 3.65. The molecular weight excluding hydrogens is 264 g/mol. The van der Waals surface area contributed by atoms with Crippen molar-refractivity contribution in [3.05, 3.63) is 11.4 Å². The van der Waals surface area contributed by atoms with E-state index < -0.39 is 10.0 Å². The van der Waals surface area contributed by atoms with Crippen LogP contribution in [0.2, 0.25) is 0 Å². The summed E-state index contributed by atoms with van der Waals surface area (Å²) < 4.78 is 30.5. The van der Waals surface area contributed by atoms with Gasteiger partial charge in [0.25, 0.3) is 10.0 Å². The number of thiophene rings is 1. The van der Waals surface area contributed by atoms with Crippen molar-refractivity contribution in [1.82, 2.24) is 4.31 Å². The fraction of sp³-hybridized carbons (Fsp3) is 0.556. The molecular formula is C9H16N2O4S2. The number of nitrogens with zero attached hydrogens (tertiary/aromatic N) is 1. The largest absolute Gasteiger partial charge is 0.398 e. The van der Waals surface area contributed by atoms with Crippen molar-refractivity contribution in [3.63, 3.8) is 0 Å². The van der Waals surface area contributed by atoms with Crippen molar-refractivity contribution in [1.29, 1.82) is 0 Å². The third-order valence-electron chi connectivity index (χ3n) is 2.08. The van der Waals surface area contributed by atoms with Gasteiger partial charge in [0.15, 0.2) is 0 Å². The predicted octanol–water partition coefficient (Wildman–Crippen LogP) is -0.0403. The fourth-order valence-corrected chi connectivity index (χ4v) is 3.90. The Balaban J connectivity index is 2.91. The van der Waals surface area contributed by atoms with E-state index in [4.69, 9.17) is 15.6 Å². The molecule has 0 aliphatic carbocycles. The van der Waals surface area contributed by atoms with Crippen LogP contribution in [0, 0.1) is 0 Å². The van der Waals surface area contributed by atoms with Gasteiger partial charge in [-0.25, -0.2) is 8.42 Å². The Labute approximate surface area is 105 Å². The van der Waals surface area contributed by atoms with Gasteiger partial charge in [0.1, 0.15) is 4.21 Å². The number of hydrogen-bond acceptors (Lipinski definition) is 6. The molecule has 1 aromatic heterocycles. The molecule has 0 saturated carbocycles. The van der Waals surface area contributed by atoms with Gasteiger partial charge in [-0.1, -0.05) is 0 Å². The maximum Gasteiger partial charge on any atom is 0.252 e. The molecule has 0 fully saturated rings. The third-order valence-corrected chi connectivity index (χ3v) is 5.42. The van der Waals surface area contributed by atoms with Gasteiger partial charge in [0, 0.05) is 31.3 Å². The van der Waals surface area contributed by atoms with Crippen LogP contribution in [0.1, 0.15) is 0 Å². The summed E-state index contributed by atoms with van der Waals surface area (Å²) in [5.74, 6) is 0. The van der Waals surface area contributed by atoms with Crippen LogP contribution in [0.15, 0.2) is 15.7 Å². The van der Waals surface area contributed by atoms with Crippen LogP contribution < -0.4 is 5.73 Å². The van der Waals surface area contributed by atoms with Crippen LogP contribution in [0.3, 0.4) is 0 Å². The fourth-order valence-electron chi connectivity index (χ4n) is 1.25. The first-order valence-corrected chi connectivity index (χ1v) is 7.28. The highest BCUT2D eigenvalue weighted by atomic mass is 32.2. The molecule has 1 heterocycles. The molecule has 0 aromatic carbocycles. The van der Waals surface area contributed by atoms with Gasteiger partial charge in [-0.15, -0.1) is 11.3 Å². The molecule has 0 atom stereocenters. The van der Waals surface area contributed by atoms with Crippen LogP contribution in [0.4, 0.5) is 5.69 Å². The molecule has 0 amide bonds. The second-order valence-electron chi connectivity index (χ2n) is 3.32. The number of sulfonamides is 1. The van der Waals surface area contributed by atoms with Crippen molar-refractivity contribution in [2.45, 2.75) is 4.21 Å². The van der Waals surface area contributed by atoms with E-state index in [2.05, 4.69) is 0 Å². The van der Waals surface area contributed by atoms with Gasteiger partial charge in [0.05, 0.1) is 13.2 Å². The minimum absolute atomic E-state index is 0.0451. The predicted molar refractivity (Wildman–Crippen MR) is 66.5 cm³/mol. The molecule has 3 N–H and O–H groups in total. The first kappa shape index (κ1) is 14.4. The highest BCUT2D eigenvalue weighted by Crippen LogP contribution is 2.24. The lowest BCUT2D eigenvalue weighted by molar-refractivity contribution is 0.169. The molecule has 0 unspecified atom stereocenters. The van der Waals surface area contributed by atoms with Crippen molar-refractivity contribution in [2.75, 3.05) is 39.1 Å². The number of nitrogen functional groups attached to an aromatic ring is 1. The zero-order valence-electron chi connectivity index (χ0n) is 9.50. The van der Waals surface area contributed by atoms with Crippen LogP contribution in [-0.2, 0) is 14.8 Å². The van der Waals surface area contributed by atoms with Crippen LogP contribution in [-0.4, -0.2) is 51.2 Å². The number of aliphatic hydroxyl groups excluding tert-OH is 1. The van der Waals surface area contributed by atoms with E-state index in [0.717, 1.165) is 11.3 Å². The van der Waals surface area contributed by atoms with E-state index in [1.165, 1.54) is 17.5 Å². The number of hydrogen-bond donors (Lipinski definition) is 2. The summed E-state index contributed by atoms with van der Waals surface area (Å²) in [7, 11) is -2.09. The molecule has 0 spiro atoms. The summed E-state index contributed by atoms with van der Waals surface area (Å²) in [5.41, 5.74) is 5.92. The van der Waals surface area contributed by atoms with E-state index >= 15 is 0 Å². The average molecular weight is 280 g/mol. The van der Waals surface area contributed by atoms with Crippen molar-refractivity contribution >= 4 is 27.0 Å².